The fourth-order valence-corrected chi connectivity index (χ4v) is 5.85. The SMILES string of the molecule is COc1nccc2c1C[C@]1(c3ccc(F)c(C(=O)c4ccccc4)c3F)N=C(N)SC[C@@H]1C2. The van der Waals surface area contributed by atoms with Crippen molar-refractivity contribution in [2.24, 2.45) is 16.6 Å². The molecule has 1 aliphatic carbocycles. The normalized spacial score (nSPS) is 21.5. The van der Waals surface area contributed by atoms with Crippen LogP contribution < -0.4 is 10.5 Å². The molecule has 2 aromatic carbocycles. The second-order valence-corrected chi connectivity index (χ2v) is 9.24. The van der Waals surface area contributed by atoms with Crippen molar-refractivity contribution in [3.63, 3.8) is 0 Å². The van der Waals surface area contributed by atoms with E-state index >= 15 is 4.39 Å². The van der Waals surface area contributed by atoms with Crippen LogP contribution in [-0.4, -0.2) is 28.8 Å². The highest BCUT2D eigenvalue weighted by molar-refractivity contribution is 8.13. The Morgan fingerprint density at radius 3 is 2.73 bits per heavy atom. The lowest BCUT2D eigenvalue weighted by atomic mass is 9.67. The van der Waals surface area contributed by atoms with Crippen LogP contribution in [0, 0.1) is 17.6 Å². The summed E-state index contributed by atoms with van der Waals surface area (Å²) in [6, 6.07) is 12.6. The van der Waals surface area contributed by atoms with E-state index < -0.39 is 28.5 Å². The van der Waals surface area contributed by atoms with Crippen molar-refractivity contribution in [3.05, 3.63) is 94.2 Å². The Balaban J connectivity index is 1.71. The quantitative estimate of drug-likeness (QED) is 0.583. The maximum absolute atomic E-state index is 16.1. The first-order valence-corrected chi connectivity index (χ1v) is 11.5. The molecule has 5 rings (SSSR count). The van der Waals surface area contributed by atoms with Crippen LogP contribution in [0.25, 0.3) is 0 Å². The van der Waals surface area contributed by atoms with Crippen LogP contribution in [0.3, 0.4) is 0 Å². The number of amidine groups is 1. The summed E-state index contributed by atoms with van der Waals surface area (Å²) >= 11 is 1.42. The molecular weight excluding hydrogens is 444 g/mol. The van der Waals surface area contributed by atoms with Crippen LogP contribution in [-0.2, 0) is 18.4 Å². The van der Waals surface area contributed by atoms with Gasteiger partial charge in [-0.2, -0.15) is 0 Å². The maximum atomic E-state index is 16.1. The zero-order chi connectivity index (χ0) is 23.2. The summed E-state index contributed by atoms with van der Waals surface area (Å²) < 4.78 is 36.4. The van der Waals surface area contributed by atoms with Gasteiger partial charge in [0.25, 0.3) is 0 Å². The number of rotatable bonds is 4. The minimum Gasteiger partial charge on any atom is -0.481 e. The molecule has 0 fully saturated rings. The van der Waals surface area contributed by atoms with E-state index in [1.807, 2.05) is 6.07 Å². The van der Waals surface area contributed by atoms with E-state index in [1.54, 1.807) is 24.4 Å². The molecule has 0 saturated heterocycles. The highest BCUT2D eigenvalue weighted by Crippen LogP contribution is 2.50. The van der Waals surface area contributed by atoms with E-state index in [9.17, 15) is 9.18 Å². The molecule has 0 saturated carbocycles. The molecule has 2 atom stereocenters. The number of benzene rings is 2. The van der Waals surface area contributed by atoms with Gasteiger partial charge < -0.3 is 10.5 Å². The van der Waals surface area contributed by atoms with Gasteiger partial charge in [-0.15, -0.1) is 0 Å². The topological polar surface area (TPSA) is 77.6 Å². The van der Waals surface area contributed by atoms with E-state index in [1.165, 1.54) is 37.1 Å². The van der Waals surface area contributed by atoms with Gasteiger partial charge in [-0.25, -0.2) is 13.8 Å². The molecular formula is C25H21F2N3O2S. The lowest BCUT2D eigenvalue weighted by Gasteiger charge is -2.45. The number of aromatic nitrogens is 1. The Labute approximate surface area is 194 Å². The molecule has 0 radical (unpaired) electrons. The zero-order valence-electron chi connectivity index (χ0n) is 17.8. The second kappa shape index (κ2) is 8.26. The van der Waals surface area contributed by atoms with E-state index in [0.29, 0.717) is 23.2 Å². The van der Waals surface area contributed by atoms with Gasteiger partial charge in [0.15, 0.2) is 11.0 Å². The Morgan fingerprint density at radius 1 is 1.18 bits per heavy atom. The number of nitrogens with two attached hydrogens (primary N) is 1. The predicted octanol–water partition coefficient (Wildman–Crippen LogP) is 4.27. The van der Waals surface area contributed by atoms with Gasteiger partial charge in [0.1, 0.15) is 11.6 Å². The number of hydrogen-bond donors (Lipinski definition) is 1. The van der Waals surface area contributed by atoms with Crippen molar-refractivity contribution in [3.8, 4) is 5.88 Å². The number of ketones is 1. The summed E-state index contributed by atoms with van der Waals surface area (Å²) in [6.45, 7) is 0. The summed E-state index contributed by atoms with van der Waals surface area (Å²) in [5.74, 6) is -1.55. The molecule has 3 aromatic rings. The highest BCUT2D eigenvalue weighted by Gasteiger charge is 2.49. The number of hydrogen-bond acceptors (Lipinski definition) is 6. The Morgan fingerprint density at radius 2 is 1.97 bits per heavy atom. The average Bonchev–Trinajstić information content (AvgIpc) is 2.82. The molecule has 8 heteroatoms. The first-order chi connectivity index (χ1) is 15.9. The molecule has 1 aromatic heterocycles. The number of halogens is 2. The van der Waals surface area contributed by atoms with E-state index in [4.69, 9.17) is 15.5 Å². The Hall–Kier alpha value is -3.26. The van der Waals surface area contributed by atoms with Gasteiger partial charge in [0.05, 0.1) is 18.2 Å². The predicted molar refractivity (Wildman–Crippen MR) is 124 cm³/mol. The number of carbonyl (C=O) groups excluding carboxylic acids is 1. The molecule has 0 spiro atoms. The number of nitrogens with zero attached hydrogens (tertiary/aromatic N) is 2. The number of pyridine rings is 1. The van der Waals surface area contributed by atoms with Gasteiger partial charge in [0.2, 0.25) is 5.88 Å². The van der Waals surface area contributed by atoms with E-state index in [-0.39, 0.29) is 23.5 Å². The van der Waals surface area contributed by atoms with Gasteiger partial charge in [0, 0.05) is 41.0 Å². The van der Waals surface area contributed by atoms with Crippen LogP contribution >= 0.6 is 11.8 Å². The summed E-state index contributed by atoms with van der Waals surface area (Å²) in [7, 11) is 1.53. The van der Waals surface area contributed by atoms with Crippen molar-refractivity contribution in [1.29, 1.82) is 0 Å². The Bertz CT molecular complexity index is 1280. The third-order valence-electron chi connectivity index (χ3n) is 6.46. The molecule has 2 N–H and O–H groups in total. The summed E-state index contributed by atoms with van der Waals surface area (Å²) in [6.07, 6.45) is 2.58. The molecule has 5 nitrogen and oxygen atoms in total. The van der Waals surface area contributed by atoms with Gasteiger partial charge in [-0.3, -0.25) is 9.79 Å². The maximum Gasteiger partial charge on any atom is 0.216 e. The van der Waals surface area contributed by atoms with Gasteiger partial charge in [-0.1, -0.05) is 48.2 Å². The number of carbonyl (C=O) groups is 1. The zero-order valence-corrected chi connectivity index (χ0v) is 18.7. The average molecular weight is 466 g/mol. The minimum absolute atomic E-state index is 0.103. The number of fused-ring (bicyclic) bond motifs is 2. The van der Waals surface area contributed by atoms with E-state index in [0.717, 1.165) is 17.2 Å². The number of ether oxygens (including phenoxy) is 1. The third kappa shape index (κ3) is 3.49. The summed E-state index contributed by atoms with van der Waals surface area (Å²) in [5, 5.41) is 0.331. The molecule has 168 valence electrons. The van der Waals surface area contributed by atoms with Crippen LogP contribution in [0.2, 0.25) is 0 Å². The Kier molecular flexibility index (Phi) is 5.40. The fraction of sp³-hybridized carbons (Fsp3) is 0.240. The van der Waals surface area contributed by atoms with Crippen LogP contribution in [0.4, 0.5) is 8.78 Å². The summed E-state index contributed by atoms with van der Waals surface area (Å²) in [5.41, 5.74) is 6.70. The highest BCUT2D eigenvalue weighted by atomic mass is 32.2. The lowest BCUT2D eigenvalue weighted by Crippen LogP contribution is -2.47. The van der Waals surface area contributed by atoms with Gasteiger partial charge in [-0.05, 0) is 24.1 Å². The molecule has 33 heavy (non-hydrogen) atoms. The van der Waals surface area contributed by atoms with Crippen molar-refractivity contribution in [2.45, 2.75) is 18.4 Å². The first kappa shape index (κ1) is 21.6. The number of aliphatic imine (C=N–C) groups is 1. The minimum atomic E-state index is -1.10. The first-order valence-electron chi connectivity index (χ1n) is 10.5. The molecule has 0 bridgehead atoms. The van der Waals surface area contributed by atoms with Crippen LogP contribution in [0.1, 0.15) is 32.6 Å². The number of methoxy groups -OCH3 is 1. The van der Waals surface area contributed by atoms with Crippen molar-refractivity contribution >= 4 is 22.7 Å². The molecule has 0 unspecified atom stereocenters. The standard InChI is InChI=1S/C25H21F2N3O2S/c1-32-23-17-12-25(16(13-33-24(28)30-25)11-15(17)9-10-29-23)18-7-8-19(26)20(21(18)27)22(31)14-5-3-2-4-6-14/h2-10,16H,11-13H2,1H3,(H2,28,30)/t16-,25-/m0/s1. The molecule has 0 amide bonds. The molecule has 1 aliphatic heterocycles. The largest absolute Gasteiger partial charge is 0.481 e. The van der Waals surface area contributed by atoms with Crippen molar-refractivity contribution < 1.29 is 18.3 Å². The van der Waals surface area contributed by atoms with Crippen LogP contribution in [0.15, 0.2) is 59.7 Å². The smallest absolute Gasteiger partial charge is 0.216 e. The number of thioether (sulfide) groups is 1. The summed E-state index contributed by atoms with van der Waals surface area (Å²) in [4.78, 5) is 22.1. The molecule has 2 heterocycles. The second-order valence-electron chi connectivity index (χ2n) is 8.20. The van der Waals surface area contributed by atoms with E-state index in [2.05, 4.69) is 4.98 Å². The van der Waals surface area contributed by atoms with Gasteiger partial charge >= 0.3 is 0 Å². The third-order valence-corrected chi connectivity index (χ3v) is 7.41. The lowest BCUT2D eigenvalue weighted by molar-refractivity contribution is 0.103. The molecule has 2 aliphatic rings. The van der Waals surface area contributed by atoms with Crippen molar-refractivity contribution in [2.75, 3.05) is 12.9 Å². The fourth-order valence-electron chi connectivity index (χ4n) is 4.86. The monoisotopic (exact) mass is 465 g/mol. The van der Waals surface area contributed by atoms with Crippen molar-refractivity contribution in [1.82, 2.24) is 4.98 Å². The van der Waals surface area contributed by atoms with Crippen LogP contribution in [0.5, 0.6) is 5.88 Å².